The van der Waals surface area contributed by atoms with Gasteiger partial charge in [-0.3, -0.25) is 9.59 Å². The van der Waals surface area contributed by atoms with Crippen molar-refractivity contribution in [2.45, 2.75) is 18.9 Å². The fourth-order valence-electron chi connectivity index (χ4n) is 3.76. The molecule has 2 amide bonds. The van der Waals surface area contributed by atoms with Crippen LogP contribution in [0, 0.1) is 5.41 Å². The average molecular weight is 396 g/mol. The maximum Gasteiger partial charge on any atom is 0.252 e. The van der Waals surface area contributed by atoms with E-state index in [0.717, 1.165) is 31.5 Å². The zero-order valence-electron chi connectivity index (χ0n) is 16.8. The number of rotatable bonds is 8. The van der Waals surface area contributed by atoms with Crippen molar-refractivity contribution >= 4 is 11.8 Å². The third-order valence-corrected chi connectivity index (χ3v) is 5.46. The SMILES string of the molecule is COCC1(CNC(=O)C(NC(=O)c2ccccc2)c2ccccc2)CCNCC1. The first-order chi connectivity index (χ1) is 14.1. The van der Waals surface area contributed by atoms with Gasteiger partial charge in [0.1, 0.15) is 6.04 Å². The summed E-state index contributed by atoms with van der Waals surface area (Å²) >= 11 is 0. The van der Waals surface area contributed by atoms with Crippen molar-refractivity contribution in [3.8, 4) is 0 Å². The highest BCUT2D eigenvalue weighted by molar-refractivity contribution is 5.97. The summed E-state index contributed by atoms with van der Waals surface area (Å²) in [6, 6.07) is 17.5. The van der Waals surface area contributed by atoms with E-state index in [4.69, 9.17) is 4.74 Å². The van der Waals surface area contributed by atoms with Crippen LogP contribution in [-0.4, -0.2) is 45.2 Å². The van der Waals surface area contributed by atoms with Gasteiger partial charge in [-0.25, -0.2) is 0 Å². The molecule has 6 heteroatoms. The molecule has 1 fully saturated rings. The molecule has 0 radical (unpaired) electrons. The van der Waals surface area contributed by atoms with E-state index < -0.39 is 6.04 Å². The molecule has 3 N–H and O–H groups in total. The third-order valence-electron chi connectivity index (χ3n) is 5.46. The first-order valence-electron chi connectivity index (χ1n) is 10.0. The molecule has 1 saturated heterocycles. The second-order valence-electron chi connectivity index (χ2n) is 7.58. The van der Waals surface area contributed by atoms with Gasteiger partial charge in [0.2, 0.25) is 5.91 Å². The summed E-state index contributed by atoms with van der Waals surface area (Å²) in [7, 11) is 1.69. The lowest BCUT2D eigenvalue weighted by Gasteiger charge is -2.37. The van der Waals surface area contributed by atoms with Crippen molar-refractivity contribution < 1.29 is 14.3 Å². The minimum absolute atomic E-state index is 0.0830. The van der Waals surface area contributed by atoms with Gasteiger partial charge in [-0.1, -0.05) is 48.5 Å². The Morgan fingerprint density at radius 3 is 2.28 bits per heavy atom. The molecule has 154 valence electrons. The summed E-state index contributed by atoms with van der Waals surface area (Å²) < 4.78 is 5.44. The second kappa shape index (κ2) is 10.2. The van der Waals surface area contributed by atoms with Crippen LogP contribution in [0.15, 0.2) is 60.7 Å². The molecule has 6 nitrogen and oxygen atoms in total. The lowest BCUT2D eigenvalue weighted by molar-refractivity contribution is -0.124. The van der Waals surface area contributed by atoms with Gasteiger partial charge in [0.05, 0.1) is 6.61 Å². The van der Waals surface area contributed by atoms with Gasteiger partial charge in [-0.15, -0.1) is 0 Å². The Balaban J connectivity index is 1.73. The van der Waals surface area contributed by atoms with Gasteiger partial charge >= 0.3 is 0 Å². The van der Waals surface area contributed by atoms with Gasteiger partial charge in [0.25, 0.3) is 5.91 Å². The monoisotopic (exact) mass is 395 g/mol. The number of amides is 2. The largest absolute Gasteiger partial charge is 0.384 e. The fourth-order valence-corrected chi connectivity index (χ4v) is 3.76. The summed E-state index contributed by atoms with van der Waals surface area (Å²) in [5, 5.41) is 9.31. The molecule has 1 unspecified atom stereocenters. The smallest absolute Gasteiger partial charge is 0.252 e. The fraction of sp³-hybridized carbons (Fsp3) is 0.391. The summed E-state index contributed by atoms with van der Waals surface area (Å²) in [5.41, 5.74) is 1.19. The van der Waals surface area contributed by atoms with E-state index in [-0.39, 0.29) is 17.2 Å². The normalized spacial score (nSPS) is 16.6. The van der Waals surface area contributed by atoms with Crippen molar-refractivity contribution in [2.75, 3.05) is 33.4 Å². The molecular formula is C23H29N3O3. The van der Waals surface area contributed by atoms with Crippen LogP contribution in [0.5, 0.6) is 0 Å². The maximum atomic E-state index is 13.1. The van der Waals surface area contributed by atoms with E-state index in [1.807, 2.05) is 36.4 Å². The number of nitrogens with one attached hydrogen (secondary N) is 3. The van der Waals surface area contributed by atoms with Gasteiger partial charge in [0.15, 0.2) is 0 Å². The number of hydrogen-bond acceptors (Lipinski definition) is 4. The zero-order chi connectivity index (χ0) is 20.5. The molecule has 1 aliphatic rings. The van der Waals surface area contributed by atoms with Crippen molar-refractivity contribution in [1.29, 1.82) is 0 Å². The van der Waals surface area contributed by atoms with E-state index >= 15 is 0 Å². The minimum Gasteiger partial charge on any atom is -0.384 e. The molecule has 2 aromatic rings. The Bertz CT molecular complexity index is 784. The van der Waals surface area contributed by atoms with Crippen LogP contribution in [0.1, 0.15) is 34.8 Å². The van der Waals surface area contributed by atoms with Gasteiger partial charge in [-0.2, -0.15) is 0 Å². The highest BCUT2D eigenvalue weighted by atomic mass is 16.5. The van der Waals surface area contributed by atoms with Crippen molar-refractivity contribution in [1.82, 2.24) is 16.0 Å². The number of piperidine rings is 1. The topological polar surface area (TPSA) is 79.5 Å². The van der Waals surface area contributed by atoms with Crippen LogP contribution in [-0.2, 0) is 9.53 Å². The molecule has 0 aromatic heterocycles. The van der Waals surface area contributed by atoms with E-state index in [0.29, 0.717) is 18.7 Å². The number of carbonyl (C=O) groups excluding carboxylic acids is 2. The van der Waals surface area contributed by atoms with Crippen molar-refractivity contribution in [2.24, 2.45) is 5.41 Å². The lowest BCUT2D eigenvalue weighted by Crippen LogP contribution is -2.49. The Morgan fingerprint density at radius 1 is 1.03 bits per heavy atom. The molecule has 3 rings (SSSR count). The maximum absolute atomic E-state index is 13.1. The molecule has 1 aliphatic heterocycles. The van der Waals surface area contributed by atoms with Crippen LogP contribution < -0.4 is 16.0 Å². The first-order valence-corrected chi connectivity index (χ1v) is 10.0. The van der Waals surface area contributed by atoms with Crippen LogP contribution in [0.25, 0.3) is 0 Å². The first kappa shape index (κ1) is 21.0. The third kappa shape index (κ3) is 5.65. The van der Waals surface area contributed by atoms with Crippen LogP contribution in [0.2, 0.25) is 0 Å². The molecule has 0 saturated carbocycles. The summed E-state index contributed by atoms with van der Waals surface area (Å²) in [6.45, 7) is 2.94. The van der Waals surface area contributed by atoms with Gasteiger partial charge < -0.3 is 20.7 Å². The quantitative estimate of drug-likeness (QED) is 0.641. The Kier molecular flexibility index (Phi) is 7.38. The van der Waals surface area contributed by atoms with Gasteiger partial charge in [-0.05, 0) is 43.6 Å². The van der Waals surface area contributed by atoms with Crippen LogP contribution >= 0.6 is 0 Å². The minimum atomic E-state index is -0.759. The number of carbonyl (C=O) groups is 2. The van der Waals surface area contributed by atoms with Crippen molar-refractivity contribution in [3.63, 3.8) is 0 Å². The molecular weight excluding hydrogens is 366 g/mol. The highest BCUT2D eigenvalue weighted by Crippen LogP contribution is 2.28. The molecule has 2 aromatic carbocycles. The van der Waals surface area contributed by atoms with Crippen molar-refractivity contribution in [3.05, 3.63) is 71.8 Å². The average Bonchev–Trinajstić information content (AvgIpc) is 2.78. The molecule has 1 heterocycles. The second-order valence-corrected chi connectivity index (χ2v) is 7.58. The molecule has 0 bridgehead atoms. The number of methoxy groups -OCH3 is 1. The van der Waals surface area contributed by atoms with E-state index in [2.05, 4.69) is 16.0 Å². The number of hydrogen-bond donors (Lipinski definition) is 3. The number of benzene rings is 2. The Morgan fingerprint density at radius 2 is 1.66 bits per heavy atom. The molecule has 0 aliphatic carbocycles. The molecule has 1 atom stereocenters. The van der Waals surface area contributed by atoms with Gasteiger partial charge in [0, 0.05) is 24.6 Å². The zero-order valence-corrected chi connectivity index (χ0v) is 16.8. The standard InChI is InChI=1S/C23H29N3O3/c1-29-17-23(12-14-24-15-13-23)16-25-22(28)20(18-8-4-2-5-9-18)26-21(27)19-10-6-3-7-11-19/h2-11,20,24H,12-17H2,1H3,(H,25,28)(H,26,27). The summed E-state index contributed by atoms with van der Waals surface area (Å²) in [4.78, 5) is 25.8. The molecule has 29 heavy (non-hydrogen) atoms. The van der Waals surface area contributed by atoms with Crippen LogP contribution in [0.3, 0.4) is 0 Å². The van der Waals surface area contributed by atoms with E-state index in [9.17, 15) is 9.59 Å². The van der Waals surface area contributed by atoms with E-state index in [1.54, 1.807) is 31.4 Å². The van der Waals surface area contributed by atoms with Crippen LogP contribution in [0.4, 0.5) is 0 Å². The lowest BCUT2D eigenvalue weighted by atomic mass is 9.79. The summed E-state index contributed by atoms with van der Waals surface area (Å²) in [6.07, 6.45) is 1.88. The highest BCUT2D eigenvalue weighted by Gasteiger charge is 2.33. The Labute approximate surface area is 172 Å². The summed E-state index contributed by atoms with van der Waals surface area (Å²) in [5.74, 6) is -0.488. The predicted molar refractivity (Wildman–Crippen MR) is 113 cm³/mol. The van der Waals surface area contributed by atoms with E-state index in [1.165, 1.54) is 0 Å². The molecule has 0 spiro atoms. The number of ether oxygens (including phenoxy) is 1. The predicted octanol–water partition coefficient (Wildman–Crippen LogP) is 2.29. The Hall–Kier alpha value is -2.70.